The lowest BCUT2D eigenvalue weighted by Gasteiger charge is -2.11. The van der Waals surface area contributed by atoms with Crippen molar-refractivity contribution in [1.82, 2.24) is 0 Å². The molecule has 98 valence electrons. The van der Waals surface area contributed by atoms with Crippen molar-refractivity contribution >= 4 is 22.9 Å². The molecule has 0 aliphatic rings. The van der Waals surface area contributed by atoms with Gasteiger partial charge in [-0.3, -0.25) is 0 Å². The number of halogens is 1. The SMILES string of the molecule is Cc1cc(C(N)=S)ccc1NCc1ccccc1F. The van der Waals surface area contributed by atoms with Gasteiger partial charge in [0.25, 0.3) is 0 Å². The summed E-state index contributed by atoms with van der Waals surface area (Å²) >= 11 is 4.93. The molecule has 0 spiro atoms. The number of benzene rings is 2. The van der Waals surface area contributed by atoms with Gasteiger partial charge in [0.15, 0.2) is 0 Å². The van der Waals surface area contributed by atoms with Gasteiger partial charge in [0.2, 0.25) is 0 Å². The summed E-state index contributed by atoms with van der Waals surface area (Å²) in [6, 6.07) is 12.4. The third kappa shape index (κ3) is 3.29. The number of nitrogens with two attached hydrogens (primary N) is 1. The van der Waals surface area contributed by atoms with Gasteiger partial charge in [-0.25, -0.2) is 4.39 Å². The van der Waals surface area contributed by atoms with E-state index in [0.717, 1.165) is 16.8 Å². The molecule has 2 aromatic rings. The lowest BCUT2D eigenvalue weighted by Crippen LogP contribution is -2.10. The Bertz CT molecular complexity index is 611. The molecule has 2 nitrogen and oxygen atoms in total. The first-order valence-electron chi connectivity index (χ1n) is 5.95. The molecule has 4 heteroatoms. The van der Waals surface area contributed by atoms with Crippen molar-refractivity contribution in [2.45, 2.75) is 13.5 Å². The minimum atomic E-state index is -0.201. The third-order valence-corrected chi connectivity index (χ3v) is 3.17. The topological polar surface area (TPSA) is 38.0 Å². The number of nitrogens with one attached hydrogen (secondary N) is 1. The second-order valence-electron chi connectivity index (χ2n) is 4.34. The quantitative estimate of drug-likeness (QED) is 0.839. The Morgan fingerprint density at radius 3 is 2.63 bits per heavy atom. The highest BCUT2D eigenvalue weighted by atomic mass is 32.1. The van der Waals surface area contributed by atoms with Gasteiger partial charge in [-0.1, -0.05) is 30.4 Å². The van der Waals surface area contributed by atoms with E-state index in [1.54, 1.807) is 12.1 Å². The van der Waals surface area contributed by atoms with Gasteiger partial charge in [-0.05, 0) is 36.8 Å². The Hall–Kier alpha value is -1.94. The van der Waals surface area contributed by atoms with E-state index in [4.69, 9.17) is 18.0 Å². The molecule has 0 heterocycles. The van der Waals surface area contributed by atoms with Crippen LogP contribution in [0.3, 0.4) is 0 Å². The molecule has 0 aliphatic heterocycles. The first kappa shape index (κ1) is 13.5. The maximum atomic E-state index is 13.5. The van der Waals surface area contributed by atoms with Crippen LogP contribution < -0.4 is 11.1 Å². The van der Waals surface area contributed by atoms with Crippen LogP contribution >= 0.6 is 12.2 Å². The van der Waals surface area contributed by atoms with E-state index in [0.29, 0.717) is 17.1 Å². The predicted molar refractivity (Wildman–Crippen MR) is 80.8 cm³/mol. The fraction of sp³-hybridized carbons (Fsp3) is 0.133. The number of rotatable bonds is 4. The van der Waals surface area contributed by atoms with Crippen LogP contribution in [0.15, 0.2) is 42.5 Å². The monoisotopic (exact) mass is 274 g/mol. The maximum absolute atomic E-state index is 13.5. The summed E-state index contributed by atoms with van der Waals surface area (Å²) < 4.78 is 13.5. The Morgan fingerprint density at radius 1 is 1.26 bits per heavy atom. The lowest BCUT2D eigenvalue weighted by molar-refractivity contribution is 0.613. The molecule has 0 radical (unpaired) electrons. The predicted octanol–water partition coefficient (Wildman–Crippen LogP) is 3.38. The van der Waals surface area contributed by atoms with Crippen LogP contribution in [0.4, 0.5) is 10.1 Å². The first-order chi connectivity index (χ1) is 9.08. The van der Waals surface area contributed by atoms with E-state index in [-0.39, 0.29) is 5.82 Å². The molecule has 0 atom stereocenters. The maximum Gasteiger partial charge on any atom is 0.128 e. The number of aryl methyl sites for hydroxylation is 1. The van der Waals surface area contributed by atoms with E-state index < -0.39 is 0 Å². The summed E-state index contributed by atoms with van der Waals surface area (Å²) in [7, 11) is 0. The van der Waals surface area contributed by atoms with Crippen molar-refractivity contribution in [3.63, 3.8) is 0 Å². The Kier molecular flexibility index (Phi) is 4.12. The van der Waals surface area contributed by atoms with E-state index >= 15 is 0 Å². The zero-order valence-electron chi connectivity index (χ0n) is 10.6. The van der Waals surface area contributed by atoms with Crippen LogP contribution in [0.2, 0.25) is 0 Å². The fourth-order valence-electron chi connectivity index (χ4n) is 1.85. The van der Waals surface area contributed by atoms with Gasteiger partial charge >= 0.3 is 0 Å². The summed E-state index contributed by atoms with van der Waals surface area (Å²) in [5.41, 5.74) is 9.03. The minimum Gasteiger partial charge on any atom is -0.389 e. The highest BCUT2D eigenvalue weighted by Gasteiger charge is 2.04. The van der Waals surface area contributed by atoms with Crippen molar-refractivity contribution in [2.75, 3.05) is 5.32 Å². The molecule has 19 heavy (non-hydrogen) atoms. The third-order valence-electron chi connectivity index (χ3n) is 2.94. The molecule has 3 N–H and O–H groups in total. The Balaban J connectivity index is 2.12. The highest BCUT2D eigenvalue weighted by Crippen LogP contribution is 2.18. The van der Waals surface area contributed by atoms with Gasteiger partial charge in [0.1, 0.15) is 10.8 Å². The summed E-state index contributed by atoms with van der Waals surface area (Å²) in [4.78, 5) is 0.378. The fourth-order valence-corrected chi connectivity index (χ4v) is 1.97. The van der Waals surface area contributed by atoms with Gasteiger partial charge in [0, 0.05) is 23.4 Å². The lowest BCUT2D eigenvalue weighted by atomic mass is 10.1. The zero-order chi connectivity index (χ0) is 13.8. The molecule has 0 aliphatic carbocycles. The molecule has 2 rings (SSSR count). The summed E-state index contributed by atoms with van der Waals surface area (Å²) in [5, 5.41) is 3.21. The molecule has 0 fully saturated rings. The van der Waals surface area contributed by atoms with Crippen LogP contribution in [-0.4, -0.2) is 4.99 Å². The van der Waals surface area contributed by atoms with E-state index in [1.807, 2.05) is 31.2 Å². The van der Waals surface area contributed by atoms with E-state index in [9.17, 15) is 4.39 Å². The second-order valence-corrected chi connectivity index (χ2v) is 4.78. The smallest absolute Gasteiger partial charge is 0.128 e. The highest BCUT2D eigenvalue weighted by molar-refractivity contribution is 7.80. The van der Waals surface area contributed by atoms with Crippen LogP contribution in [-0.2, 0) is 6.54 Å². The number of hydrogen-bond acceptors (Lipinski definition) is 2. The van der Waals surface area contributed by atoms with E-state index in [1.165, 1.54) is 6.07 Å². The van der Waals surface area contributed by atoms with Gasteiger partial charge in [-0.2, -0.15) is 0 Å². The van der Waals surface area contributed by atoms with Crippen molar-refractivity contribution in [1.29, 1.82) is 0 Å². The van der Waals surface area contributed by atoms with Gasteiger partial charge < -0.3 is 11.1 Å². The number of hydrogen-bond donors (Lipinski definition) is 2. The summed E-state index contributed by atoms with van der Waals surface area (Å²) in [5.74, 6) is -0.201. The molecular formula is C15H15FN2S. The van der Waals surface area contributed by atoms with Crippen molar-refractivity contribution in [2.24, 2.45) is 5.73 Å². The largest absolute Gasteiger partial charge is 0.389 e. The molecule has 2 aromatic carbocycles. The average molecular weight is 274 g/mol. The van der Waals surface area contributed by atoms with Crippen LogP contribution in [0.25, 0.3) is 0 Å². The van der Waals surface area contributed by atoms with Crippen LogP contribution in [0.5, 0.6) is 0 Å². The molecular weight excluding hydrogens is 259 g/mol. The Labute approximate surface area is 117 Å². The van der Waals surface area contributed by atoms with Crippen LogP contribution in [0.1, 0.15) is 16.7 Å². The minimum absolute atomic E-state index is 0.201. The molecule has 0 bridgehead atoms. The first-order valence-corrected chi connectivity index (χ1v) is 6.36. The van der Waals surface area contributed by atoms with Crippen molar-refractivity contribution < 1.29 is 4.39 Å². The molecule has 0 saturated carbocycles. The van der Waals surface area contributed by atoms with Gasteiger partial charge in [-0.15, -0.1) is 0 Å². The molecule has 0 saturated heterocycles. The van der Waals surface area contributed by atoms with Crippen molar-refractivity contribution in [3.8, 4) is 0 Å². The average Bonchev–Trinajstić information content (AvgIpc) is 2.39. The second kappa shape index (κ2) is 5.80. The normalized spacial score (nSPS) is 10.2. The van der Waals surface area contributed by atoms with E-state index in [2.05, 4.69) is 5.32 Å². The summed E-state index contributed by atoms with van der Waals surface area (Å²) in [6.07, 6.45) is 0. The number of anilines is 1. The molecule has 0 unspecified atom stereocenters. The zero-order valence-corrected chi connectivity index (χ0v) is 11.4. The Morgan fingerprint density at radius 2 is 2.00 bits per heavy atom. The van der Waals surface area contributed by atoms with Crippen molar-refractivity contribution in [3.05, 3.63) is 65.0 Å². The van der Waals surface area contributed by atoms with Crippen LogP contribution in [0, 0.1) is 12.7 Å². The number of thiocarbonyl (C=S) groups is 1. The standard InChI is InChI=1S/C15H15FN2S/c1-10-8-11(15(17)19)6-7-14(10)18-9-12-4-2-3-5-13(12)16/h2-8,18H,9H2,1H3,(H2,17,19). The van der Waals surface area contributed by atoms with Gasteiger partial charge in [0.05, 0.1) is 0 Å². The summed E-state index contributed by atoms with van der Waals surface area (Å²) in [6.45, 7) is 2.41. The molecule has 0 aromatic heterocycles. The molecule has 0 amide bonds.